The Morgan fingerprint density at radius 3 is 2.72 bits per heavy atom. The normalized spacial score (nSPS) is 18.3. The molecule has 5 heteroatoms. The molecule has 0 saturated carbocycles. The third-order valence-electron chi connectivity index (χ3n) is 4.54. The van der Waals surface area contributed by atoms with Crippen LogP contribution < -0.4 is 0 Å². The van der Waals surface area contributed by atoms with Gasteiger partial charge in [-0.25, -0.2) is 4.79 Å². The molecule has 25 heavy (non-hydrogen) atoms. The smallest absolute Gasteiger partial charge is 0.338 e. The van der Waals surface area contributed by atoms with Gasteiger partial charge in [0.25, 0.3) is 0 Å². The van der Waals surface area contributed by atoms with Crippen LogP contribution in [0.2, 0.25) is 0 Å². The number of hydrogen-bond acceptors (Lipinski definition) is 5. The first kappa shape index (κ1) is 16.0. The Balaban J connectivity index is 1.44. The molecule has 2 aromatic carbocycles. The van der Waals surface area contributed by atoms with Gasteiger partial charge in [-0.15, -0.1) is 0 Å². The van der Waals surface area contributed by atoms with E-state index in [0.29, 0.717) is 18.8 Å². The average Bonchev–Trinajstić information content (AvgIpc) is 3.04. The van der Waals surface area contributed by atoms with E-state index in [2.05, 4.69) is 12.1 Å². The van der Waals surface area contributed by atoms with Crippen LogP contribution in [0.15, 0.2) is 42.5 Å². The van der Waals surface area contributed by atoms with Gasteiger partial charge in [0.2, 0.25) is 0 Å². The lowest BCUT2D eigenvalue weighted by atomic mass is 10.0. The largest absolute Gasteiger partial charge is 0.455 e. The van der Waals surface area contributed by atoms with Gasteiger partial charge in [0.05, 0.1) is 19.8 Å². The lowest BCUT2D eigenvalue weighted by Gasteiger charge is -2.21. The third kappa shape index (κ3) is 3.21. The topological polar surface area (TPSA) is 61.8 Å². The lowest BCUT2D eigenvalue weighted by molar-refractivity contribution is -0.169. The van der Waals surface area contributed by atoms with Crippen LogP contribution in [0.4, 0.5) is 0 Å². The van der Waals surface area contributed by atoms with Crippen LogP contribution in [0.5, 0.6) is 0 Å². The van der Waals surface area contributed by atoms with Crippen molar-refractivity contribution in [2.24, 2.45) is 0 Å². The van der Waals surface area contributed by atoms with Crippen molar-refractivity contribution in [1.29, 1.82) is 0 Å². The summed E-state index contributed by atoms with van der Waals surface area (Å²) in [5.74, 6) is -0.781. The van der Waals surface area contributed by atoms with Crippen molar-refractivity contribution >= 4 is 11.8 Å². The fourth-order valence-electron chi connectivity index (χ4n) is 3.23. The second-order valence-electron chi connectivity index (χ2n) is 6.17. The van der Waals surface area contributed by atoms with E-state index >= 15 is 0 Å². The maximum absolute atomic E-state index is 12.4. The highest BCUT2D eigenvalue weighted by molar-refractivity contribution is 5.99. The molecule has 2 aromatic rings. The molecular weight excluding hydrogens is 320 g/mol. The first-order chi connectivity index (χ1) is 12.2. The zero-order valence-corrected chi connectivity index (χ0v) is 13.7. The van der Waals surface area contributed by atoms with Crippen molar-refractivity contribution in [2.75, 3.05) is 26.4 Å². The van der Waals surface area contributed by atoms with E-state index in [9.17, 15) is 9.59 Å². The zero-order valence-electron chi connectivity index (χ0n) is 13.7. The molecule has 1 aliphatic carbocycles. The summed E-state index contributed by atoms with van der Waals surface area (Å²) in [4.78, 5) is 24.3. The highest BCUT2D eigenvalue weighted by atomic mass is 16.6. The average molecular weight is 338 g/mol. The van der Waals surface area contributed by atoms with Crippen LogP contribution >= 0.6 is 0 Å². The fourth-order valence-corrected chi connectivity index (χ4v) is 3.23. The number of hydrogen-bond donors (Lipinski definition) is 0. The van der Waals surface area contributed by atoms with Crippen molar-refractivity contribution in [3.63, 3.8) is 0 Å². The Labute approximate surface area is 145 Å². The SMILES string of the molecule is O=C(COC(=O)[C@@H]1COCCO1)c1ccc2c(c1)-c1ccccc1C2. The van der Waals surface area contributed by atoms with Crippen molar-refractivity contribution in [3.05, 3.63) is 59.2 Å². The lowest BCUT2D eigenvalue weighted by Crippen LogP contribution is -2.37. The van der Waals surface area contributed by atoms with Gasteiger partial charge < -0.3 is 14.2 Å². The summed E-state index contributed by atoms with van der Waals surface area (Å²) >= 11 is 0. The molecule has 0 N–H and O–H groups in total. The number of ether oxygens (including phenoxy) is 3. The predicted molar refractivity (Wildman–Crippen MR) is 90.5 cm³/mol. The summed E-state index contributed by atoms with van der Waals surface area (Å²) in [5, 5.41) is 0. The monoisotopic (exact) mass is 338 g/mol. The Kier molecular flexibility index (Phi) is 4.34. The molecule has 1 saturated heterocycles. The van der Waals surface area contributed by atoms with Crippen LogP contribution in [0.1, 0.15) is 21.5 Å². The summed E-state index contributed by atoms with van der Waals surface area (Å²) < 4.78 is 15.5. The van der Waals surface area contributed by atoms with Crippen LogP contribution in [0, 0.1) is 0 Å². The number of ketones is 1. The Morgan fingerprint density at radius 1 is 1.04 bits per heavy atom. The first-order valence-corrected chi connectivity index (χ1v) is 8.33. The molecule has 1 heterocycles. The van der Waals surface area contributed by atoms with Gasteiger partial charge in [-0.3, -0.25) is 4.79 Å². The number of carbonyl (C=O) groups excluding carboxylic acids is 2. The van der Waals surface area contributed by atoms with E-state index in [1.54, 1.807) is 6.07 Å². The summed E-state index contributed by atoms with van der Waals surface area (Å²) in [7, 11) is 0. The number of Topliss-reactive ketones (excluding diaryl/α,β-unsaturated/α-hetero) is 1. The van der Waals surface area contributed by atoms with Crippen LogP contribution in [0.3, 0.4) is 0 Å². The minimum absolute atomic E-state index is 0.169. The summed E-state index contributed by atoms with van der Waals surface area (Å²) in [6, 6.07) is 13.8. The maximum atomic E-state index is 12.4. The molecule has 1 atom stereocenters. The second kappa shape index (κ2) is 6.78. The molecule has 4 rings (SSSR count). The zero-order chi connectivity index (χ0) is 17.2. The highest BCUT2D eigenvalue weighted by Gasteiger charge is 2.25. The molecular formula is C20H18O5. The quantitative estimate of drug-likeness (QED) is 0.540. The van der Waals surface area contributed by atoms with Gasteiger partial charge in [-0.1, -0.05) is 36.4 Å². The van der Waals surface area contributed by atoms with Crippen molar-refractivity contribution in [3.8, 4) is 11.1 Å². The molecule has 2 aliphatic rings. The van der Waals surface area contributed by atoms with E-state index in [0.717, 1.165) is 17.5 Å². The molecule has 5 nitrogen and oxygen atoms in total. The van der Waals surface area contributed by atoms with Crippen LogP contribution in [-0.4, -0.2) is 44.3 Å². The minimum Gasteiger partial charge on any atom is -0.455 e. The standard InChI is InChI=1S/C20H18O5/c21-18(11-25-20(22)19-12-23-7-8-24-19)15-6-5-14-9-13-3-1-2-4-16(13)17(14)10-15/h1-6,10,19H,7-9,11-12H2/t19-/m0/s1. The molecule has 0 bridgehead atoms. The summed E-state index contributed by atoms with van der Waals surface area (Å²) in [6.07, 6.45) is 0.141. The number of benzene rings is 2. The van der Waals surface area contributed by atoms with Gasteiger partial charge in [0.1, 0.15) is 0 Å². The van der Waals surface area contributed by atoms with Gasteiger partial charge in [0.15, 0.2) is 18.5 Å². The summed E-state index contributed by atoms with van der Waals surface area (Å²) in [6.45, 7) is 0.707. The van der Waals surface area contributed by atoms with Crippen molar-refractivity contribution in [1.82, 2.24) is 0 Å². The molecule has 0 unspecified atom stereocenters. The molecule has 1 fully saturated rings. The van der Waals surface area contributed by atoms with E-state index in [4.69, 9.17) is 14.2 Å². The van der Waals surface area contributed by atoms with E-state index in [1.807, 2.05) is 24.3 Å². The number of fused-ring (bicyclic) bond motifs is 3. The molecule has 0 aromatic heterocycles. The van der Waals surface area contributed by atoms with Gasteiger partial charge >= 0.3 is 5.97 Å². The summed E-state index contributed by atoms with van der Waals surface area (Å²) in [5.41, 5.74) is 5.27. The molecule has 0 radical (unpaired) electrons. The predicted octanol–water partition coefficient (Wildman–Crippen LogP) is 2.40. The van der Waals surface area contributed by atoms with Gasteiger partial charge in [-0.05, 0) is 34.7 Å². The second-order valence-corrected chi connectivity index (χ2v) is 6.17. The Morgan fingerprint density at radius 2 is 1.88 bits per heavy atom. The van der Waals surface area contributed by atoms with Crippen molar-refractivity contribution in [2.45, 2.75) is 12.5 Å². The van der Waals surface area contributed by atoms with Crippen LogP contribution in [0.25, 0.3) is 11.1 Å². The van der Waals surface area contributed by atoms with E-state index < -0.39 is 12.1 Å². The Hall–Kier alpha value is -2.50. The fraction of sp³-hybridized carbons (Fsp3) is 0.300. The van der Waals surface area contributed by atoms with Crippen LogP contribution in [-0.2, 0) is 25.4 Å². The Bertz CT molecular complexity index is 821. The highest BCUT2D eigenvalue weighted by Crippen LogP contribution is 2.36. The minimum atomic E-state index is -0.742. The number of esters is 1. The van der Waals surface area contributed by atoms with E-state index in [1.165, 1.54) is 11.1 Å². The van der Waals surface area contributed by atoms with Gasteiger partial charge in [0, 0.05) is 5.56 Å². The molecule has 0 spiro atoms. The number of rotatable bonds is 4. The van der Waals surface area contributed by atoms with Crippen molar-refractivity contribution < 1.29 is 23.8 Å². The third-order valence-corrected chi connectivity index (χ3v) is 4.54. The number of carbonyl (C=O) groups is 2. The molecule has 128 valence electrons. The molecule has 1 aliphatic heterocycles. The first-order valence-electron chi connectivity index (χ1n) is 8.33. The van der Waals surface area contributed by atoms with Gasteiger partial charge in [-0.2, -0.15) is 0 Å². The van der Waals surface area contributed by atoms with E-state index in [-0.39, 0.29) is 19.0 Å². The molecule has 0 amide bonds. The maximum Gasteiger partial charge on any atom is 0.338 e.